The van der Waals surface area contributed by atoms with E-state index in [1.807, 2.05) is 53.1 Å². The summed E-state index contributed by atoms with van der Waals surface area (Å²) in [6, 6.07) is 6.56. The minimum Gasteiger partial charge on any atom is -0.443 e. The van der Waals surface area contributed by atoms with E-state index in [1.165, 1.54) is 5.56 Å². The number of hydrogen-bond acceptors (Lipinski definition) is 7. The Balaban J connectivity index is 1.05. The number of benzene rings is 1. The van der Waals surface area contributed by atoms with Crippen molar-refractivity contribution in [1.29, 1.82) is 0 Å². The molecule has 0 bridgehead atoms. The number of hydrogen-bond donors (Lipinski definition) is 1. The Morgan fingerprint density at radius 3 is 2.65 bits per heavy atom. The molecule has 238 valence electrons. The van der Waals surface area contributed by atoms with Gasteiger partial charge in [0.05, 0.1) is 41.9 Å². The molecule has 6 heterocycles. The van der Waals surface area contributed by atoms with Gasteiger partial charge >= 0.3 is 6.09 Å². The molecule has 2 saturated carbocycles. The number of amides is 1. The SMILES string of the molecule is CO[C@@H]1CCC[C@@H]1OC(=O)N1CCC2(CC1)CC1(C2)OCc2cnc3[nH]c(-c4cnn(C)c4)c(-c4ccc5c(cnn5C)c4)c3c21. The van der Waals surface area contributed by atoms with E-state index < -0.39 is 0 Å². The van der Waals surface area contributed by atoms with E-state index in [0.29, 0.717) is 19.7 Å². The minimum absolute atomic E-state index is 0.0146. The summed E-state index contributed by atoms with van der Waals surface area (Å²) in [6.07, 6.45) is 14.2. The first-order valence-corrected chi connectivity index (χ1v) is 16.4. The molecule has 0 unspecified atom stereocenters. The number of carbonyl (C=O) groups excluding carboxylic acids is 1. The molecule has 0 radical (unpaired) electrons. The molecule has 2 atom stereocenters. The summed E-state index contributed by atoms with van der Waals surface area (Å²) < 4.78 is 21.9. The van der Waals surface area contributed by atoms with Crippen LogP contribution in [0.4, 0.5) is 4.79 Å². The molecule has 2 aliphatic heterocycles. The zero-order valence-corrected chi connectivity index (χ0v) is 26.6. The number of aryl methyl sites for hydroxylation is 2. The summed E-state index contributed by atoms with van der Waals surface area (Å²) in [4.78, 5) is 23.6. The van der Waals surface area contributed by atoms with Gasteiger partial charge in [0.2, 0.25) is 0 Å². The van der Waals surface area contributed by atoms with Crippen LogP contribution in [0, 0.1) is 5.41 Å². The first kappa shape index (κ1) is 28.0. The third-order valence-electron chi connectivity index (χ3n) is 11.2. The van der Waals surface area contributed by atoms with Gasteiger partial charge in [-0.05, 0) is 68.1 Å². The second-order valence-corrected chi connectivity index (χ2v) is 14.0. The van der Waals surface area contributed by atoms with Gasteiger partial charge in [-0.25, -0.2) is 9.78 Å². The molecule has 2 spiro atoms. The van der Waals surface area contributed by atoms with Crippen LogP contribution >= 0.6 is 0 Å². The lowest BCUT2D eigenvalue weighted by atomic mass is 9.53. The van der Waals surface area contributed by atoms with Gasteiger partial charge in [0.1, 0.15) is 11.8 Å². The second-order valence-electron chi connectivity index (χ2n) is 14.0. The number of likely N-dealkylation sites (tertiary alicyclic amines) is 1. The molecular formula is C35H39N7O4. The van der Waals surface area contributed by atoms with Crippen LogP contribution in [0.15, 0.2) is 43.0 Å². The van der Waals surface area contributed by atoms with Crippen molar-refractivity contribution >= 4 is 28.0 Å². The Labute approximate surface area is 266 Å². The van der Waals surface area contributed by atoms with Crippen LogP contribution in [-0.4, -0.2) is 72.9 Å². The standard InChI is InChI=1S/C35H39N7O4/c1-40-17-23(16-37-40)31-28(21-7-8-25-22(13-21)15-38-41(25)2)29-30-24(14-36-32(29)39-31)18-45-35(30)19-34(20-35)9-11-42(12-10-34)33(43)46-27-6-4-5-26(27)44-3/h7-8,13-17,26-27H,4-6,9-12,18-20H2,1-3H3,(H,36,39)/t26-,27+/m1/s1. The van der Waals surface area contributed by atoms with Crippen molar-refractivity contribution in [2.24, 2.45) is 19.5 Å². The number of piperidine rings is 1. The highest BCUT2D eigenvalue weighted by atomic mass is 16.6. The van der Waals surface area contributed by atoms with Crippen LogP contribution in [0.1, 0.15) is 56.1 Å². The molecule has 4 aromatic heterocycles. The molecule has 1 N–H and O–H groups in total. The number of nitrogens with zero attached hydrogens (tertiary/aromatic N) is 6. The maximum Gasteiger partial charge on any atom is 0.410 e. The summed E-state index contributed by atoms with van der Waals surface area (Å²) in [5.74, 6) is 0. The molecule has 11 heteroatoms. The quantitative estimate of drug-likeness (QED) is 0.269. The van der Waals surface area contributed by atoms with E-state index >= 15 is 0 Å². The Kier molecular flexibility index (Phi) is 6.18. The summed E-state index contributed by atoms with van der Waals surface area (Å²) in [6.45, 7) is 1.98. The number of methoxy groups -OCH3 is 1. The number of aromatic nitrogens is 6. The highest BCUT2D eigenvalue weighted by molar-refractivity contribution is 6.06. The predicted octanol–water partition coefficient (Wildman–Crippen LogP) is 5.82. The monoisotopic (exact) mass is 621 g/mol. The van der Waals surface area contributed by atoms with Gasteiger partial charge in [0.25, 0.3) is 0 Å². The van der Waals surface area contributed by atoms with Crippen LogP contribution in [0.2, 0.25) is 0 Å². The van der Waals surface area contributed by atoms with Crippen molar-refractivity contribution < 1.29 is 19.0 Å². The number of aromatic amines is 1. The fourth-order valence-corrected chi connectivity index (χ4v) is 8.94. The fourth-order valence-electron chi connectivity index (χ4n) is 8.94. The number of nitrogens with one attached hydrogen (secondary N) is 1. The zero-order valence-electron chi connectivity index (χ0n) is 26.6. The third kappa shape index (κ3) is 4.17. The number of carbonyl (C=O) groups is 1. The van der Waals surface area contributed by atoms with Crippen molar-refractivity contribution in [3.8, 4) is 22.4 Å². The number of rotatable bonds is 4. The molecule has 11 nitrogen and oxygen atoms in total. The molecule has 5 aromatic rings. The van der Waals surface area contributed by atoms with E-state index in [-0.39, 0.29) is 29.3 Å². The molecule has 1 saturated heterocycles. The summed E-state index contributed by atoms with van der Waals surface area (Å²) in [5.41, 5.74) is 8.43. The minimum atomic E-state index is -0.365. The van der Waals surface area contributed by atoms with Gasteiger partial charge in [-0.1, -0.05) is 6.07 Å². The van der Waals surface area contributed by atoms with Gasteiger partial charge in [-0.3, -0.25) is 9.36 Å². The molecule has 3 fully saturated rings. The average Bonchev–Trinajstić information content (AvgIpc) is 3.88. The van der Waals surface area contributed by atoms with Gasteiger partial charge in [-0.15, -0.1) is 0 Å². The fraction of sp³-hybridized carbons (Fsp3) is 0.486. The first-order chi connectivity index (χ1) is 22.4. The Morgan fingerprint density at radius 2 is 1.87 bits per heavy atom. The first-order valence-electron chi connectivity index (χ1n) is 16.4. The third-order valence-corrected chi connectivity index (χ3v) is 11.2. The van der Waals surface area contributed by atoms with Crippen molar-refractivity contribution in [2.45, 2.75) is 69.4 Å². The highest BCUT2D eigenvalue weighted by Crippen LogP contribution is 2.65. The van der Waals surface area contributed by atoms with E-state index in [4.69, 9.17) is 19.2 Å². The Bertz CT molecular complexity index is 1990. The van der Waals surface area contributed by atoms with Crippen molar-refractivity contribution in [1.82, 2.24) is 34.4 Å². The van der Waals surface area contributed by atoms with Crippen LogP contribution in [-0.2, 0) is 40.5 Å². The van der Waals surface area contributed by atoms with Gasteiger partial charge < -0.3 is 24.1 Å². The number of fused-ring (bicyclic) bond motifs is 5. The molecule has 1 aromatic carbocycles. The maximum atomic E-state index is 13.1. The van der Waals surface area contributed by atoms with Gasteiger partial charge in [0.15, 0.2) is 0 Å². The number of H-pyrrole nitrogens is 1. The maximum absolute atomic E-state index is 13.1. The molecule has 1 amide bonds. The van der Waals surface area contributed by atoms with Gasteiger partial charge in [-0.2, -0.15) is 10.2 Å². The lowest BCUT2D eigenvalue weighted by molar-refractivity contribution is -0.181. The van der Waals surface area contributed by atoms with Crippen LogP contribution in [0.25, 0.3) is 44.3 Å². The van der Waals surface area contributed by atoms with Gasteiger partial charge in [0, 0.05) is 79.7 Å². The number of ether oxygens (including phenoxy) is 3. The number of pyridine rings is 1. The molecule has 9 rings (SSSR count). The zero-order chi connectivity index (χ0) is 31.2. The van der Waals surface area contributed by atoms with Crippen LogP contribution in [0.5, 0.6) is 0 Å². The highest BCUT2D eigenvalue weighted by Gasteiger charge is 2.60. The molecule has 46 heavy (non-hydrogen) atoms. The van der Waals surface area contributed by atoms with E-state index in [2.05, 4.69) is 33.4 Å². The topological polar surface area (TPSA) is 112 Å². The summed E-state index contributed by atoms with van der Waals surface area (Å²) >= 11 is 0. The van der Waals surface area contributed by atoms with Crippen molar-refractivity contribution in [3.63, 3.8) is 0 Å². The lowest BCUT2D eigenvalue weighted by Gasteiger charge is -2.57. The van der Waals surface area contributed by atoms with E-state index in [9.17, 15) is 4.79 Å². The molecular weight excluding hydrogens is 582 g/mol. The summed E-state index contributed by atoms with van der Waals surface area (Å²) in [7, 11) is 5.62. The van der Waals surface area contributed by atoms with Crippen molar-refractivity contribution in [3.05, 3.63) is 54.1 Å². The smallest absolute Gasteiger partial charge is 0.410 e. The van der Waals surface area contributed by atoms with Crippen LogP contribution < -0.4 is 0 Å². The van der Waals surface area contributed by atoms with Crippen LogP contribution in [0.3, 0.4) is 0 Å². The predicted molar refractivity (Wildman–Crippen MR) is 172 cm³/mol. The van der Waals surface area contributed by atoms with Crippen molar-refractivity contribution in [2.75, 3.05) is 20.2 Å². The normalized spacial score (nSPS) is 23.1. The Morgan fingerprint density at radius 1 is 1.04 bits per heavy atom. The van der Waals surface area contributed by atoms with E-state index in [0.717, 1.165) is 94.8 Å². The summed E-state index contributed by atoms with van der Waals surface area (Å²) in [5, 5.41) is 11.2. The molecule has 2 aliphatic carbocycles. The van der Waals surface area contributed by atoms with E-state index in [1.54, 1.807) is 7.11 Å². The largest absolute Gasteiger partial charge is 0.443 e. The Hall–Kier alpha value is -4.22. The molecule has 4 aliphatic rings. The lowest BCUT2D eigenvalue weighted by Crippen LogP contribution is -2.55. The average molecular weight is 622 g/mol. The second kappa shape index (κ2) is 10.1.